The van der Waals surface area contributed by atoms with Crippen molar-refractivity contribution >= 4 is 41.3 Å². The molecule has 0 bridgehead atoms. The molecular formula is C19H21N5O2S. The van der Waals surface area contributed by atoms with Gasteiger partial charge in [-0.25, -0.2) is 9.98 Å². The number of nitrogens with one attached hydrogen (secondary N) is 1. The number of carbonyl (C=O) groups is 2. The van der Waals surface area contributed by atoms with E-state index in [2.05, 4.69) is 44.0 Å². The zero-order valence-corrected chi connectivity index (χ0v) is 15.7. The van der Waals surface area contributed by atoms with Gasteiger partial charge in [-0.15, -0.1) is 0 Å². The van der Waals surface area contributed by atoms with Crippen molar-refractivity contribution in [2.24, 2.45) is 9.98 Å². The Morgan fingerprint density at radius 1 is 1.19 bits per heavy atom. The number of piperazine rings is 1. The Balaban J connectivity index is 1.51. The third-order valence-corrected chi connectivity index (χ3v) is 5.06. The second kappa shape index (κ2) is 9.18. The molecule has 2 aliphatic rings. The van der Waals surface area contributed by atoms with Crippen LogP contribution in [-0.2, 0) is 4.79 Å². The van der Waals surface area contributed by atoms with Crippen LogP contribution < -0.4 is 10.2 Å². The van der Waals surface area contributed by atoms with Crippen molar-refractivity contribution in [2.45, 2.75) is 6.42 Å². The van der Waals surface area contributed by atoms with Crippen LogP contribution in [0.15, 0.2) is 63.6 Å². The lowest BCUT2D eigenvalue weighted by molar-refractivity contribution is -0.115. The Kier molecular flexibility index (Phi) is 6.43. The lowest BCUT2D eigenvalue weighted by Crippen LogP contribution is -2.48. The number of amides is 2. The number of nitrogens with zero attached hydrogens (tertiary/aromatic N) is 4. The molecule has 1 aromatic rings. The van der Waals surface area contributed by atoms with E-state index in [0.29, 0.717) is 17.3 Å². The second-order valence-electron chi connectivity index (χ2n) is 5.93. The van der Waals surface area contributed by atoms with Gasteiger partial charge in [0.25, 0.3) is 11.1 Å². The number of anilines is 1. The Labute approximate surface area is 162 Å². The highest BCUT2D eigenvalue weighted by Crippen LogP contribution is 2.23. The average molecular weight is 383 g/mol. The molecule has 2 fully saturated rings. The van der Waals surface area contributed by atoms with Crippen molar-refractivity contribution in [2.75, 3.05) is 31.1 Å². The van der Waals surface area contributed by atoms with Gasteiger partial charge in [-0.1, -0.05) is 30.4 Å². The molecule has 140 valence electrons. The van der Waals surface area contributed by atoms with Gasteiger partial charge in [0.15, 0.2) is 0 Å². The van der Waals surface area contributed by atoms with Crippen LogP contribution in [0, 0.1) is 0 Å². The summed E-state index contributed by atoms with van der Waals surface area (Å²) in [4.78, 5) is 35.8. The van der Waals surface area contributed by atoms with E-state index in [0.717, 1.165) is 37.9 Å². The number of carbonyl (C=O) groups excluding carboxylic acids is 2. The number of allylic oxidation sites excluding steroid dienone is 2. The monoisotopic (exact) mass is 383 g/mol. The minimum absolute atomic E-state index is 0.332. The molecule has 0 saturated carbocycles. The van der Waals surface area contributed by atoms with Crippen molar-refractivity contribution < 1.29 is 9.59 Å². The number of para-hydroxylation sites is 1. The largest absolute Gasteiger partial charge is 0.368 e. The summed E-state index contributed by atoms with van der Waals surface area (Å²) in [5, 5.41) is 1.89. The van der Waals surface area contributed by atoms with E-state index in [1.165, 1.54) is 5.69 Å². The summed E-state index contributed by atoms with van der Waals surface area (Å²) < 4.78 is 0. The second-order valence-corrected chi connectivity index (χ2v) is 6.94. The van der Waals surface area contributed by atoms with Gasteiger partial charge in [0.1, 0.15) is 0 Å². The van der Waals surface area contributed by atoms with E-state index >= 15 is 0 Å². The number of hydrogen-bond donors (Lipinski definition) is 1. The molecule has 0 spiro atoms. The molecule has 2 amide bonds. The fraction of sp³-hybridized carbons (Fsp3) is 0.263. The molecule has 7 nitrogen and oxygen atoms in total. The van der Waals surface area contributed by atoms with Crippen molar-refractivity contribution in [3.8, 4) is 0 Å². The quantitative estimate of drug-likeness (QED) is 0.491. The zero-order valence-electron chi connectivity index (χ0n) is 14.9. The van der Waals surface area contributed by atoms with Gasteiger partial charge >= 0.3 is 0 Å². The summed E-state index contributed by atoms with van der Waals surface area (Å²) in [5.74, 6) is 0.251. The maximum absolute atomic E-state index is 11.4. The molecule has 2 aliphatic heterocycles. The SMILES string of the molecule is C=NC(=N/C=C\C/C=C1\SC(=O)NC1=O)N1CCN(c2ccccc2)CC1. The van der Waals surface area contributed by atoms with Gasteiger partial charge in [0.2, 0.25) is 5.96 Å². The molecule has 0 atom stereocenters. The van der Waals surface area contributed by atoms with E-state index < -0.39 is 0 Å². The average Bonchev–Trinajstić information content (AvgIpc) is 3.02. The van der Waals surface area contributed by atoms with Crippen LogP contribution in [0.1, 0.15) is 6.42 Å². The zero-order chi connectivity index (χ0) is 19.1. The summed E-state index contributed by atoms with van der Waals surface area (Å²) in [6.07, 6.45) is 5.69. The van der Waals surface area contributed by atoms with E-state index in [1.54, 1.807) is 12.3 Å². The van der Waals surface area contributed by atoms with Crippen LogP contribution >= 0.6 is 11.8 Å². The molecule has 1 N–H and O–H groups in total. The molecule has 2 saturated heterocycles. The number of guanidine groups is 1. The van der Waals surface area contributed by atoms with Gasteiger partial charge in [-0.2, -0.15) is 0 Å². The van der Waals surface area contributed by atoms with Gasteiger partial charge < -0.3 is 9.80 Å². The van der Waals surface area contributed by atoms with E-state index in [-0.39, 0.29) is 11.1 Å². The van der Waals surface area contributed by atoms with Crippen LogP contribution in [-0.4, -0.2) is 54.9 Å². The minimum atomic E-state index is -0.341. The minimum Gasteiger partial charge on any atom is -0.368 e. The van der Waals surface area contributed by atoms with Crippen LogP contribution in [0.25, 0.3) is 0 Å². The summed E-state index contributed by atoms with van der Waals surface area (Å²) >= 11 is 0.914. The Hall–Kier alpha value is -2.87. The number of rotatable bonds is 4. The normalized spacial score (nSPS) is 19.9. The molecule has 2 heterocycles. The van der Waals surface area contributed by atoms with Crippen molar-refractivity contribution in [1.82, 2.24) is 10.2 Å². The molecule has 27 heavy (non-hydrogen) atoms. The predicted octanol–water partition coefficient (Wildman–Crippen LogP) is 2.64. The number of thioether (sulfide) groups is 1. The fourth-order valence-corrected chi connectivity index (χ4v) is 3.51. The maximum atomic E-state index is 11.4. The molecule has 0 aromatic heterocycles. The van der Waals surface area contributed by atoms with Crippen LogP contribution in [0.4, 0.5) is 10.5 Å². The Bertz CT molecular complexity index is 796. The van der Waals surface area contributed by atoms with Crippen LogP contribution in [0.3, 0.4) is 0 Å². The van der Waals surface area contributed by atoms with E-state index in [4.69, 9.17) is 0 Å². The first-order chi connectivity index (χ1) is 13.2. The highest BCUT2D eigenvalue weighted by atomic mass is 32.2. The first-order valence-electron chi connectivity index (χ1n) is 8.65. The van der Waals surface area contributed by atoms with Gasteiger partial charge in [-0.05, 0) is 37.0 Å². The van der Waals surface area contributed by atoms with Crippen LogP contribution in [0.5, 0.6) is 0 Å². The molecule has 0 radical (unpaired) electrons. The summed E-state index contributed by atoms with van der Waals surface area (Å²) in [6, 6.07) is 10.3. The summed E-state index contributed by atoms with van der Waals surface area (Å²) in [7, 11) is 0. The predicted molar refractivity (Wildman–Crippen MR) is 110 cm³/mol. The maximum Gasteiger partial charge on any atom is 0.290 e. The highest BCUT2D eigenvalue weighted by molar-refractivity contribution is 8.18. The summed E-state index contributed by atoms with van der Waals surface area (Å²) in [5.41, 5.74) is 1.22. The van der Waals surface area contributed by atoms with E-state index in [1.807, 2.05) is 24.3 Å². The molecular weight excluding hydrogens is 362 g/mol. The van der Waals surface area contributed by atoms with Crippen molar-refractivity contribution in [3.05, 3.63) is 53.6 Å². The Morgan fingerprint density at radius 3 is 2.56 bits per heavy atom. The third kappa shape index (κ3) is 5.07. The van der Waals surface area contributed by atoms with Gasteiger partial charge in [0.05, 0.1) is 4.91 Å². The Morgan fingerprint density at radius 2 is 1.93 bits per heavy atom. The lowest BCUT2D eigenvalue weighted by atomic mass is 10.2. The van der Waals surface area contributed by atoms with Crippen molar-refractivity contribution in [3.63, 3.8) is 0 Å². The molecule has 1 aromatic carbocycles. The standard InChI is InChI=1S/C19H21N5O2S/c1-20-18(21-10-6-5-9-16-17(25)22-19(26)27-16)24-13-11-23(12-14-24)15-7-3-2-4-8-15/h2-4,6-10H,1,5,11-14H2,(H,22,25,26)/b10-6-,16-9-,21-18?. The lowest BCUT2D eigenvalue weighted by Gasteiger charge is -2.36. The first kappa shape index (κ1) is 18.9. The third-order valence-electron chi connectivity index (χ3n) is 4.20. The molecule has 0 aliphatic carbocycles. The van der Waals surface area contributed by atoms with Gasteiger partial charge in [0, 0.05) is 38.1 Å². The first-order valence-corrected chi connectivity index (χ1v) is 9.47. The van der Waals surface area contributed by atoms with Crippen LogP contribution in [0.2, 0.25) is 0 Å². The number of hydrogen-bond acceptors (Lipinski definition) is 5. The van der Waals surface area contributed by atoms with Gasteiger partial charge in [-0.3, -0.25) is 14.9 Å². The number of aliphatic imine (C=N–C) groups is 2. The summed E-state index contributed by atoms with van der Waals surface area (Å²) in [6.45, 7) is 7.06. The smallest absolute Gasteiger partial charge is 0.290 e. The fourth-order valence-electron chi connectivity index (χ4n) is 2.84. The van der Waals surface area contributed by atoms with E-state index in [9.17, 15) is 9.59 Å². The number of benzene rings is 1. The molecule has 3 rings (SSSR count). The van der Waals surface area contributed by atoms with Crippen molar-refractivity contribution in [1.29, 1.82) is 0 Å². The highest BCUT2D eigenvalue weighted by Gasteiger charge is 2.24. The molecule has 0 unspecified atom stereocenters. The number of imide groups is 1. The topological polar surface area (TPSA) is 77.4 Å². The molecule has 8 heteroatoms.